The van der Waals surface area contributed by atoms with Crippen LogP contribution in [0.25, 0.3) is 0 Å². The van der Waals surface area contributed by atoms with Crippen molar-refractivity contribution in [1.82, 2.24) is 5.32 Å². The molecule has 1 fully saturated rings. The molecule has 8 atom stereocenters. The Morgan fingerprint density at radius 1 is 0.513 bits per heavy atom. The number of allylic oxidation sites excluding steroid dienone is 17. The molecule has 11 heteroatoms. The maximum absolute atomic E-state index is 13.4. The van der Waals surface area contributed by atoms with Crippen molar-refractivity contribution in [3.8, 4) is 0 Å². The Labute approximate surface area is 475 Å². The number of carbonyl (C=O) groups is 2. The largest absolute Gasteiger partial charge is 0.454 e. The fraction of sp³-hybridized carbons (Fsp3) is 0.701. The van der Waals surface area contributed by atoms with E-state index in [1.54, 1.807) is 6.08 Å². The molecule has 6 N–H and O–H groups in total. The van der Waals surface area contributed by atoms with Crippen LogP contribution in [0.1, 0.15) is 239 Å². The molecular formula is C67H113NO10. The number of rotatable bonds is 51. The molecular weight excluding hydrogens is 979 g/mol. The SMILES string of the molecule is CC/C=C\C/C=C\C/C=C\C/C=C\C/C=C\C/C=C\CCCC(O)C(=O)NC(COC1OC(CO)C(O)C(O)C1OC(=O)CCCCCCCCC/C=C\C/C=C\CCCCC)C(O)/C=C/CCCCCCCCCCCC. The van der Waals surface area contributed by atoms with Gasteiger partial charge in [-0.25, -0.2) is 0 Å². The van der Waals surface area contributed by atoms with Crippen LogP contribution in [0.15, 0.2) is 109 Å². The quantitative estimate of drug-likeness (QED) is 0.0195. The fourth-order valence-electron chi connectivity index (χ4n) is 8.98. The molecule has 1 heterocycles. The number of amides is 1. The second-order valence-corrected chi connectivity index (χ2v) is 21.0. The highest BCUT2D eigenvalue weighted by atomic mass is 16.7. The van der Waals surface area contributed by atoms with Crippen LogP contribution in [0.3, 0.4) is 0 Å². The summed E-state index contributed by atoms with van der Waals surface area (Å²) < 4.78 is 17.6. The standard InChI is InChI=1S/C67H113NO10/c1-4-7-10-13-16-19-22-25-27-29-30-31-33-34-36-39-42-45-48-51-54-60(71)66(75)68-58(59(70)53-50-47-44-41-38-24-21-18-15-12-9-6-3)57-76-67-65(64(74)63(73)61(56-69)77-67)78-62(72)55-52-49-46-43-40-37-35-32-28-26-23-20-17-14-11-8-5-2/h7,10,16-17,19-20,25-28,30-31,34,36,42,45,50,53,58-61,63-65,67,69-71,73-74H,4-6,8-9,11-15,18,21-24,29,32-33,35,37-41,43-44,46-49,51-52,54-57H2,1-3H3,(H,68,75)/b10-7-,19-16-,20-17-,27-25-,28-26-,31-30-,36-34-,45-42-,53-50+. The predicted octanol–water partition coefficient (Wildman–Crippen LogP) is 14.9. The summed E-state index contributed by atoms with van der Waals surface area (Å²) in [5, 5.41) is 56.9. The Balaban J connectivity index is 2.73. The molecule has 446 valence electrons. The maximum atomic E-state index is 13.4. The Kier molecular flexibility index (Phi) is 50.0. The number of unbranched alkanes of at least 4 members (excludes halogenated alkanes) is 21. The molecule has 1 amide bonds. The van der Waals surface area contributed by atoms with Crippen molar-refractivity contribution >= 4 is 11.9 Å². The van der Waals surface area contributed by atoms with Gasteiger partial charge in [0.05, 0.1) is 25.4 Å². The van der Waals surface area contributed by atoms with Gasteiger partial charge in [0.15, 0.2) is 12.4 Å². The molecule has 11 nitrogen and oxygen atoms in total. The molecule has 0 radical (unpaired) electrons. The van der Waals surface area contributed by atoms with Gasteiger partial charge in [0, 0.05) is 6.42 Å². The van der Waals surface area contributed by atoms with Gasteiger partial charge >= 0.3 is 5.97 Å². The second-order valence-electron chi connectivity index (χ2n) is 21.0. The normalized spacial score (nSPS) is 19.7. The Bertz CT molecular complexity index is 1680. The van der Waals surface area contributed by atoms with Crippen LogP contribution >= 0.6 is 0 Å². The minimum atomic E-state index is -1.63. The van der Waals surface area contributed by atoms with Crippen molar-refractivity contribution in [2.24, 2.45) is 0 Å². The highest BCUT2D eigenvalue weighted by Crippen LogP contribution is 2.26. The van der Waals surface area contributed by atoms with Crippen LogP contribution in [-0.4, -0.2) is 99.6 Å². The lowest BCUT2D eigenvalue weighted by atomic mass is 9.99. The molecule has 78 heavy (non-hydrogen) atoms. The molecule has 1 rings (SSSR count). The third-order valence-corrected chi connectivity index (χ3v) is 13.9. The summed E-state index contributed by atoms with van der Waals surface area (Å²) in [6, 6.07) is -1.06. The lowest BCUT2D eigenvalue weighted by molar-refractivity contribution is -0.305. The highest BCUT2D eigenvalue weighted by Gasteiger charge is 2.47. The molecule has 0 aromatic rings. The van der Waals surface area contributed by atoms with E-state index in [4.69, 9.17) is 14.2 Å². The zero-order valence-electron chi connectivity index (χ0n) is 49.2. The second kappa shape index (κ2) is 53.9. The van der Waals surface area contributed by atoms with Gasteiger partial charge in [-0.3, -0.25) is 9.59 Å². The molecule has 8 unspecified atom stereocenters. The number of aliphatic hydroxyl groups is 5. The summed E-state index contributed by atoms with van der Waals surface area (Å²) in [6.45, 7) is 5.61. The summed E-state index contributed by atoms with van der Waals surface area (Å²) in [7, 11) is 0. The van der Waals surface area contributed by atoms with Gasteiger partial charge in [0.25, 0.3) is 0 Å². The van der Waals surface area contributed by atoms with Crippen LogP contribution in [-0.2, 0) is 23.8 Å². The van der Waals surface area contributed by atoms with Crippen LogP contribution in [0.5, 0.6) is 0 Å². The monoisotopic (exact) mass is 1090 g/mol. The van der Waals surface area contributed by atoms with E-state index in [-0.39, 0.29) is 19.4 Å². The number of hydrogen-bond donors (Lipinski definition) is 6. The topological polar surface area (TPSA) is 175 Å². The Hall–Kier alpha value is -3.68. The number of esters is 1. The number of nitrogens with one attached hydrogen (secondary N) is 1. The smallest absolute Gasteiger partial charge is 0.306 e. The average Bonchev–Trinajstić information content (AvgIpc) is 3.44. The van der Waals surface area contributed by atoms with Crippen LogP contribution < -0.4 is 5.32 Å². The van der Waals surface area contributed by atoms with E-state index in [0.29, 0.717) is 19.3 Å². The van der Waals surface area contributed by atoms with Crippen molar-refractivity contribution in [3.63, 3.8) is 0 Å². The van der Waals surface area contributed by atoms with E-state index < -0.39 is 67.4 Å². The van der Waals surface area contributed by atoms with Gasteiger partial charge in [0.1, 0.15) is 24.4 Å². The molecule has 1 saturated heterocycles. The van der Waals surface area contributed by atoms with Crippen molar-refractivity contribution < 1.29 is 49.3 Å². The average molecular weight is 1090 g/mol. The third-order valence-electron chi connectivity index (χ3n) is 13.9. The fourth-order valence-corrected chi connectivity index (χ4v) is 8.98. The third kappa shape index (κ3) is 41.3. The minimum Gasteiger partial charge on any atom is -0.454 e. The van der Waals surface area contributed by atoms with Crippen molar-refractivity contribution in [3.05, 3.63) is 109 Å². The number of ether oxygens (including phenoxy) is 3. The van der Waals surface area contributed by atoms with E-state index in [1.807, 2.05) is 12.2 Å². The van der Waals surface area contributed by atoms with Crippen molar-refractivity contribution in [2.75, 3.05) is 13.2 Å². The molecule has 0 bridgehead atoms. The van der Waals surface area contributed by atoms with Gasteiger partial charge in [-0.05, 0) is 109 Å². The molecule has 1 aliphatic rings. The van der Waals surface area contributed by atoms with Crippen molar-refractivity contribution in [1.29, 1.82) is 0 Å². The number of hydrogen-bond acceptors (Lipinski definition) is 10. The van der Waals surface area contributed by atoms with E-state index >= 15 is 0 Å². The Morgan fingerprint density at radius 2 is 0.923 bits per heavy atom. The summed E-state index contributed by atoms with van der Waals surface area (Å²) in [4.78, 5) is 26.5. The van der Waals surface area contributed by atoms with Gasteiger partial charge in [0.2, 0.25) is 5.91 Å². The zero-order valence-corrected chi connectivity index (χ0v) is 49.2. The predicted molar refractivity (Wildman–Crippen MR) is 324 cm³/mol. The molecule has 0 aromatic carbocycles. The van der Waals surface area contributed by atoms with Crippen LogP contribution in [0.4, 0.5) is 0 Å². The summed E-state index contributed by atoms with van der Waals surface area (Å²) >= 11 is 0. The molecule has 0 aliphatic carbocycles. The highest BCUT2D eigenvalue weighted by molar-refractivity contribution is 5.80. The number of carbonyl (C=O) groups excluding carboxylic acids is 2. The van der Waals surface area contributed by atoms with E-state index in [0.717, 1.165) is 109 Å². The van der Waals surface area contributed by atoms with Crippen LogP contribution in [0, 0.1) is 0 Å². The van der Waals surface area contributed by atoms with Crippen LogP contribution in [0.2, 0.25) is 0 Å². The lowest BCUT2D eigenvalue weighted by Crippen LogP contribution is -2.61. The first-order valence-electron chi connectivity index (χ1n) is 31.2. The summed E-state index contributed by atoms with van der Waals surface area (Å²) in [5.74, 6) is -1.26. The zero-order chi connectivity index (χ0) is 56.8. The van der Waals surface area contributed by atoms with Crippen molar-refractivity contribution in [2.45, 2.75) is 288 Å². The molecule has 0 spiro atoms. The maximum Gasteiger partial charge on any atom is 0.306 e. The van der Waals surface area contributed by atoms with Gasteiger partial charge in [-0.15, -0.1) is 0 Å². The number of aliphatic hydroxyl groups excluding tert-OH is 5. The van der Waals surface area contributed by atoms with Gasteiger partial charge < -0.3 is 45.1 Å². The lowest BCUT2D eigenvalue weighted by Gasteiger charge is -2.41. The van der Waals surface area contributed by atoms with Gasteiger partial charge in [-0.2, -0.15) is 0 Å². The summed E-state index contributed by atoms with van der Waals surface area (Å²) in [5.41, 5.74) is 0. The van der Waals surface area contributed by atoms with E-state index in [2.05, 4.69) is 117 Å². The van der Waals surface area contributed by atoms with E-state index in [9.17, 15) is 35.1 Å². The van der Waals surface area contributed by atoms with E-state index in [1.165, 1.54) is 77.0 Å². The molecule has 0 aromatic heterocycles. The summed E-state index contributed by atoms with van der Waals surface area (Å²) in [6.07, 6.45) is 62.6. The Morgan fingerprint density at radius 3 is 1.41 bits per heavy atom. The first-order chi connectivity index (χ1) is 38.2. The molecule has 1 aliphatic heterocycles. The first kappa shape index (κ1) is 72.3. The first-order valence-corrected chi connectivity index (χ1v) is 31.2. The molecule has 0 saturated carbocycles. The minimum absolute atomic E-state index is 0.104. The van der Waals surface area contributed by atoms with Gasteiger partial charge in [-0.1, -0.05) is 233 Å².